The Morgan fingerprint density at radius 3 is 2.63 bits per heavy atom. The third-order valence-electron chi connectivity index (χ3n) is 2.79. The molecule has 1 N–H and O–H groups in total. The molecule has 19 heavy (non-hydrogen) atoms. The van der Waals surface area contributed by atoms with Crippen LogP contribution in [0.3, 0.4) is 0 Å². The van der Waals surface area contributed by atoms with Crippen molar-refractivity contribution in [3.8, 4) is 0 Å². The van der Waals surface area contributed by atoms with Crippen LogP contribution in [0.15, 0.2) is 43.0 Å². The third-order valence-corrected chi connectivity index (χ3v) is 2.79. The first-order valence-electron chi connectivity index (χ1n) is 5.95. The first kappa shape index (κ1) is 11.9. The summed E-state index contributed by atoms with van der Waals surface area (Å²) in [4.78, 5) is 15.6. The average Bonchev–Trinajstić information content (AvgIpc) is 3.13. The molecule has 1 aromatic heterocycles. The van der Waals surface area contributed by atoms with Crippen molar-refractivity contribution >= 4 is 11.7 Å². The molecular formula is C13H13N3O3. The molecule has 0 radical (unpaired) electrons. The largest absolute Gasteiger partial charge is 0.346 e. The molecule has 0 spiro atoms. The van der Waals surface area contributed by atoms with E-state index in [2.05, 4.69) is 10.3 Å². The van der Waals surface area contributed by atoms with Crippen LogP contribution in [0.4, 0.5) is 10.5 Å². The Bertz CT molecular complexity index is 545. The Morgan fingerprint density at radius 2 is 2.00 bits per heavy atom. The predicted molar refractivity (Wildman–Crippen MR) is 67.7 cm³/mol. The lowest BCUT2D eigenvalue weighted by molar-refractivity contribution is -0.0441. The molecule has 98 valence electrons. The number of benzene rings is 1. The van der Waals surface area contributed by atoms with Crippen LogP contribution in [0.25, 0.3) is 0 Å². The summed E-state index contributed by atoms with van der Waals surface area (Å²) in [5.41, 5.74) is 1.65. The van der Waals surface area contributed by atoms with Crippen LogP contribution in [0, 0.1) is 0 Å². The van der Waals surface area contributed by atoms with Crippen molar-refractivity contribution < 1.29 is 14.3 Å². The van der Waals surface area contributed by atoms with E-state index in [-0.39, 0.29) is 12.3 Å². The van der Waals surface area contributed by atoms with Gasteiger partial charge in [-0.3, -0.25) is 4.57 Å². The van der Waals surface area contributed by atoms with Gasteiger partial charge in [-0.05, 0) is 12.1 Å². The summed E-state index contributed by atoms with van der Waals surface area (Å²) >= 11 is 0. The highest BCUT2D eigenvalue weighted by Gasteiger charge is 2.17. The number of amides is 1. The van der Waals surface area contributed by atoms with Crippen LogP contribution in [0.1, 0.15) is 11.9 Å². The van der Waals surface area contributed by atoms with Gasteiger partial charge in [0.15, 0.2) is 6.29 Å². The van der Waals surface area contributed by atoms with E-state index in [9.17, 15) is 4.79 Å². The number of ether oxygens (including phenoxy) is 2. The number of rotatable bonds is 2. The minimum atomic E-state index is -0.293. The van der Waals surface area contributed by atoms with E-state index < -0.39 is 0 Å². The van der Waals surface area contributed by atoms with Crippen LogP contribution in [-0.2, 0) is 9.47 Å². The number of carbonyl (C=O) groups excluding carboxylic acids is 1. The van der Waals surface area contributed by atoms with E-state index in [1.807, 2.05) is 24.3 Å². The molecule has 2 heterocycles. The Hall–Kier alpha value is -2.18. The minimum absolute atomic E-state index is 0.251. The van der Waals surface area contributed by atoms with Gasteiger partial charge in [0.2, 0.25) is 0 Å². The van der Waals surface area contributed by atoms with Crippen molar-refractivity contribution in [2.75, 3.05) is 18.5 Å². The summed E-state index contributed by atoms with van der Waals surface area (Å²) in [5, 5.41) is 2.76. The lowest BCUT2D eigenvalue weighted by Crippen LogP contribution is -2.17. The maximum Gasteiger partial charge on any atom is 0.331 e. The zero-order valence-electron chi connectivity index (χ0n) is 10.2. The Morgan fingerprint density at radius 1 is 1.26 bits per heavy atom. The minimum Gasteiger partial charge on any atom is -0.346 e. The van der Waals surface area contributed by atoms with Crippen LogP contribution < -0.4 is 5.32 Å². The second kappa shape index (κ2) is 5.21. The van der Waals surface area contributed by atoms with Crippen molar-refractivity contribution in [1.82, 2.24) is 9.55 Å². The second-order valence-electron chi connectivity index (χ2n) is 4.10. The number of hydrogen-bond acceptors (Lipinski definition) is 4. The quantitative estimate of drug-likeness (QED) is 0.896. The molecular weight excluding hydrogens is 246 g/mol. The second-order valence-corrected chi connectivity index (χ2v) is 4.10. The normalized spacial score (nSPS) is 15.6. The van der Waals surface area contributed by atoms with Gasteiger partial charge in [0.05, 0.1) is 13.2 Å². The monoisotopic (exact) mass is 259 g/mol. The number of carbonyl (C=O) groups is 1. The van der Waals surface area contributed by atoms with Crippen LogP contribution >= 0.6 is 0 Å². The molecule has 1 aliphatic rings. The number of aromatic nitrogens is 2. The van der Waals surface area contributed by atoms with Crippen molar-refractivity contribution in [3.63, 3.8) is 0 Å². The molecule has 2 aromatic rings. The first-order valence-corrected chi connectivity index (χ1v) is 5.95. The summed E-state index contributed by atoms with van der Waals surface area (Å²) in [6.45, 7) is 1.23. The van der Waals surface area contributed by atoms with E-state index in [4.69, 9.17) is 9.47 Å². The Balaban J connectivity index is 1.67. The smallest absolute Gasteiger partial charge is 0.331 e. The summed E-state index contributed by atoms with van der Waals surface area (Å²) in [7, 11) is 0. The van der Waals surface area contributed by atoms with E-state index in [1.165, 1.54) is 10.9 Å². The molecule has 0 unspecified atom stereocenters. The van der Waals surface area contributed by atoms with Crippen LogP contribution in [0.5, 0.6) is 0 Å². The van der Waals surface area contributed by atoms with Crippen molar-refractivity contribution in [2.45, 2.75) is 6.29 Å². The van der Waals surface area contributed by atoms with Gasteiger partial charge in [-0.25, -0.2) is 9.78 Å². The van der Waals surface area contributed by atoms with Crippen molar-refractivity contribution in [3.05, 3.63) is 48.5 Å². The molecule has 1 aromatic carbocycles. The van der Waals surface area contributed by atoms with E-state index in [0.717, 1.165) is 5.56 Å². The van der Waals surface area contributed by atoms with E-state index >= 15 is 0 Å². The highest BCUT2D eigenvalue weighted by Crippen LogP contribution is 2.24. The molecule has 1 aliphatic heterocycles. The standard InChI is InChI=1S/C13H13N3O3/c17-13(16-6-5-14-9-16)15-11-3-1-10(2-4-11)12-18-7-8-19-12/h1-6,9,12H,7-8H2,(H,15,17). The molecule has 0 saturated carbocycles. The molecule has 6 nitrogen and oxygen atoms in total. The molecule has 0 bridgehead atoms. The fraction of sp³-hybridized carbons (Fsp3) is 0.231. The molecule has 0 atom stereocenters. The van der Waals surface area contributed by atoms with Gasteiger partial charge in [0.25, 0.3) is 0 Å². The average molecular weight is 259 g/mol. The van der Waals surface area contributed by atoms with Crippen molar-refractivity contribution in [1.29, 1.82) is 0 Å². The van der Waals surface area contributed by atoms with Gasteiger partial charge in [-0.15, -0.1) is 0 Å². The number of hydrogen-bond donors (Lipinski definition) is 1. The van der Waals surface area contributed by atoms with Crippen LogP contribution in [-0.4, -0.2) is 28.8 Å². The fourth-order valence-corrected chi connectivity index (χ4v) is 1.84. The molecule has 1 saturated heterocycles. The van der Waals surface area contributed by atoms with Gasteiger partial charge in [0.1, 0.15) is 6.33 Å². The van der Waals surface area contributed by atoms with Crippen molar-refractivity contribution in [2.24, 2.45) is 0 Å². The summed E-state index contributed by atoms with van der Waals surface area (Å²) in [6.07, 6.45) is 4.30. The SMILES string of the molecule is O=C(Nc1ccc(C2OCCO2)cc1)n1ccnc1. The topological polar surface area (TPSA) is 65.4 Å². The molecule has 1 amide bonds. The maximum absolute atomic E-state index is 11.8. The highest BCUT2D eigenvalue weighted by molar-refractivity contribution is 5.90. The van der Waals surface area contributed by atoms with Gasteiger partial charge in [-0.1, -0.05) is 12.1 Å². The van der Waals surface area contributed by atoms with Gasteiger partial charge in [0, 0.05) is 23.6 Å². The van der Waals surface area contributed by atoms with Crippen LogP contribution in [0.2, 0.25) is 0 Å². The zero-order valence-corrected chi connectivity index (χ0v) is 10.2. The summed E-state index contributed by atoms with van der Waals surface area (Å²) in [6, 6.07) is 7.13. The van der Waals surface area contributed by atoms with E-state index in [0.29, 0.717) is 18.9 Å². The lowest BCUT2D eigenvalue weighted by Gasteiger charge is -2.10. The Labute approximate surface area is 110 Å². The van der Waals surface area contributed by atoms with Gasteiger partial charge in [-0.2, -0.15) is 0 Å². The number of anilines is 1. The predicted octanol–water partition coefficient (Wildman–Crippen LogP) is 2.01. The summed E-state index contributed by atoms with van der Waals surface area (Å²) in [5.74, 6) is 0. The fourth-order valence-electron chi connectivity index (χ4n) is 1.84. The highest BCUT2D eigenvalue weighted by atomic mass is 16.7. The molecule has 3 rings (SSSR count). The number of imidazole rings is 1. The molecule has 1 fully saturated rings. The summed E-state index contributed by atoms with van der Waals surface area (Å²) < 4.78 is 12.2. The first-order chi connectivity index (χ1) is 9.33. The maximum atomic E-state index is 11.8. The van der Waals surface area contributed by atoms with Gasteiger partial charge < -0.3 is 14.8 Å². The van der Waals surface area contributed by atoms with Gasteiger partial charge >= 0.3 is 6.03 Å². The number of nitrogens with zero attached hydrogens (tertiary/aromatic N) is 2. The van der Waals surface area contributed by atoms with E-state index in [1.54, 1.807) is 12.4 Å². The molecule has 0 aliphatic carbocycles. The Kier molecular flexibility index (Phi) is 3.26. The third kappa shape index (κ3) is 2.64. The molecule has 6 heteroatoms. The lowest BCUT2D eigenvalue weighted by atomic mass is 10.2. The number of nitrogens with one attached hydrogen (secondary N) is 1. The zero-order chi connectivity index (χ0) is 13.1.